The maximum atomic E-state index is 13.7. The zero-order valence-corrected chi connectivity index (χ0v) is 13.3. The van der Waals surface area contributed by atoms with Gasteiger partial charge in [-0.25, -0.2) is 9.18 Å². The minimum Gasteiger partial charge on any atom is -0.323 e. The van der Waals surface area contributed by atoms with Gasteiger partial charge in [0.25, 0.3) is 5.91 Å². The van der Waals surface area contributed by atoms with Crippen LogP contribution in [0.25, 0.3) is 6.08 Å². The molecule has 2 N–H and O–H groups in total. The van der Waals surface area contributed by atoms with Gasteiger partial charge < -0.3 is 5.32 Å². The first-order valence-corrected chi connectivity index (χ1v) is 8.06. The standard InChI is InChI=1S/C16H14BrFN2O2/c17-12-7-9-1-2-10(18)8-11(9)15(12)3-5-16(6-4-15)13(21)19-14(22)20-16/h1-2,7-8H,3-6H2,(H2,19,20,21,22). The van der Waals surface area contributed by atoms with E-state index in [2.05, 4.69) is 26.6 Å². The van der Waals surface area contributed by atoms with Crippen molar-refractivity contribution in [3.63, 3.8) is 0 Å². The summed E-state index contributed by atoms with van der Waals surface area (Å²) in [6, 6.07) is 4.41. The number of hydrogen-bond acceptors (Lipinski definition) is 2. The Morgan fingerprint density at radius 1 is 1.14 bits per heavy atom. The average Bonchev–Trinajstić information content (AvgIpc) is 2.90. The van der Waals surface area contributed by atoms with Gasteiger partial charge in [-0.2, -0.15) is 0 Å². The molecule has 2 fully saturated rings. The number of imide groups is 1. The van der Waals surface area contributed by atoms with E-state index in [1.54, 1.807) is 12.1 Å². The number of nitrogens with one attached hydrogen (secondary N) is 2. The molecule has 4 rings (SSSR count). The third kappa shape index (κ3) is 1.73. The Kier molecular flexibility index (Phi) is 2.79. The highest BCUT2D eigenvalue weighted by molar-refractivity contribution is 9.11. The Bertz CT molecular complexity index is 736. The molecule has 1 saturated carbocycles. The smallest absolute Gasteiger partial charge is 0.322 e. The highest BCUT2D eigenvalue weighted by Crippen LogP contribution is 2.55. The van der Waals surface area contributed by atoms with Crippen molar-refractivity contribution in [2.75, 3.05) is 0 Å². The Balaban J connectivity index is 1.69. The van der Waals surface area contributed by atoms with Crippen molar-refractivity contribution in [1.82, 2.24) is 10.6 Å². The van der Waals surface area contributed by atoms with Crippen molar-refractivity contribution in [1.29, 1.82) is 0 Å². The molecular weight excluding hydrogens is 351 g/mol. The van der Waals surface area contributed by atoms with Gasteiger partial charge in [0.05, 0.1) is 0 Å². The lowest BCUT2D eigenvalue weighted by atomic mass is 9.65. The van der Waals surface area contributed by atoms with Crippen molar-refractivity contribution < 1.29 is 14.0 Å². The second-order valence-electron chi connectivity index (χ2n) is 6.30. The number of hydrogen-bond donors (Lipinski definition) is 2. The molecule has 0 atom stereocenters. The lowest BCUT2D eigenvalue weighted by Gasteiger charge is -2.42. The molecule has 1 aromatic rings. The molecule has 6 heteroatoms. The number of rotatable bonds is 0. The lowest BCUT2D eigenvalue weighted by Crippen LogP contribution is -2.52. The van der Waals surface area contributed by atoms with E-state index in [0.29, 0.717) is 25.7 Å². The van der Waals surface area contributed by atoms with Crippen LogP contribution < -0.4 is 10.6 Å². The Morgan fingerprint density at radius 3 is 2.50 bits per heavy atom. The van der Waals surface area contributed by atoms with E-state index in [4.69, 9.17) is 0 Å². The summed E-state index contributed by atoms with van der Waals surface area (Å²) < 4.78 is 14.7. The summed E-state index contributed by atoms with van der Waals surface area (Å²) in [5.74, 6) is -0.495. The maximum absolute atomic E-state index is 13.7. The summed E-state index contributed by atoms with van der Waals surface area (Å²) in [6.45, 7) is 0. The Morgan fingerprint density at radius 2 is 1.86 bits per heavy atom. The number of carbonyl (C=O) groups excluding carboxylic acids is 2. The fraction of sp³-hybridized carbons (Fsp3) is 0.375. The predicted molar refractivity (Wildman–Crippen MR) is 82.9 cm³/mol. The van der Waals surface area contributed by atoms with Crippen LogP contribution in [0, 0.1) is 5.82 Å². The second-order valence-corrected chi connectivity index (χ2v) is 7.15. The van der Waals surface area contributed by atoms with Crippen molar-refractivity contribution in [2.45, 2.75) is 36.6 Å². The van der Waals surface area contributed by atoms with Crippen LogP contribution in [0.2, 0.25) is 0 Å². The topological polar surface area (TPSA) is 58.2 Å². The molecule has 1 aromatic carbocycles. The van der Waals surface area contributed by atoms with E-state index in [1.165, 1.54) is 6.07 Å². The number of halogens is 2. The van der Waals surface area contributed by atoms with E-state index in [0.717, 1.165) is 15.6 Å². The largest absolute Gasteiger partial charge is 0.323 e. The van der Waals surface area contributed by atoms with Gasteiger partial charge in [-0.1, -0.05) is 22.0 Å². The van der Waals surface area contributed by atoms with Crippen LogP contribution in [0.4, 0.5) is 9.18 Å². The molecule has 1 aliphatic heterocycles. The summed E-state index contributed by atoms with van der Waals surface area (Å²) in [4.78, 5) is 23.5. The number of urea groups is 1. The molecule has 0 bridgehead atoms. The molecule has 1 saturated heterocycles. The van der Waals surface area contributed by atoms with Gasteiger partial charge in [-0.3, -0.25) is 10.1 Å². The quantitative estimate of drug-likeness (QED) is 0.695. The third-order valence-corrected chi connectivity index (χ3v) is 6.23. The highest BCUT2D eigenvalue weighted by atomic mass is 79.9. The van der Waals surface area contributed by atoms with Crippen LogP contribution in [0.3, 0.4) is 0 Å². The highest BCUT2D eigenvalue weighted by Gasteiger charge is 2.54. The summed E-state index contributed by atoms with van der Waals surface area (Å²) in [5, 5.41) is 5.09. The van der Waals surface area contributed by atoms with Crippen molar-refractivity contribution in [3.05, 3.63) is 39.6 Å². The van der Waals surface area contributed by atoms with Gasteiger partial charge in [0.1, 0.15) is 11.4 Å². The summed E-state index contributed by atoms with van der Waals surface area (Å²) in [5.41, 5.74) is 0.908. The molecule has 0 unspecified atom stereocenters. The molecule has 0 radical (unpaired) electrons. The number of amides is 3. The van der Waals surface area contributed by atoms with Gasteiger partial charge in [-0.05, 0) is 55.0 Å². The summed E-state index contributed by atoms with van der Waals surface area (Å²) in [7, 11) is 0. The SMILES string of the molecule is O=C1NC(=O)C2(CCC3(CC2)C(Br)=Cc2ccc(F)cc23)N1. The van der Waals surface area contributed by atoms with Gasteiger partial charge in [0, 0.05) is 9.90 Å². The molecule has 2 aliphatic carbocycles. The van der Waals surface area contributed by atoms with Crippen LogP contribution in [0.15, 0.2) is 22.7 Å². The number of allylic oxidation sites excluding steroid dienone is 1. The van der Waals surface area contributed by atoms with E-state index in [9.17, 15) is 14.0 Å². The molecule has 0 aromatic heterocycles. The van der Waals surface area contributed by atoms with E-state index in [-0.39, 0.29) is 17.1 Å². The van der Waals surface area contributed by atoms with Crippen LogP contribution in [-0.2, 0) is 10.2 Å². The van der Waals surface area contributed by atoms with Crippen molar-refractivity contribution in [2.24, 2.45) is 0 Å². The zero-order valence-electron chi connectivity index (χ0n) is 11.7. The minimum atomic E-state index is -0.800. The number of carbonyl (C=O) groups is 2. The number of benzene rings is 1. The molecule has 1 heterocycles. The summed E-state index contributed by atoms with van der Waals surface area (Å²) in [6.07, 6.45) is 4.50. The van der Waals surface area contributed by atoms with Gasteiger partial charge >= 0.3 is 6.03 Å². The van der Waals surface area contributed by atoms with E-state index < -0.39 is 11.6 Å². The van der Waals surface area contributed by atoms with Crippen LogP contribution in [0.5, 0.6) is 0 Å². The Labute approximate surface area is 135 Å². The van der Waals surface area contributed by atoms with Crippen molar-refractivity contribution >= 4 is 33.9 Å². The third-order valence-electron chi connectivity index (χ3n) is 5.24. The minimum absolute atomic E-state index is 0.245. The molecule has 3 aliphatic rings. The van der Waals surface area contributed by atoms with E-state index in [1.807, 2.05) is 6.08 Å². The summed E-state index contributed by atoms with van der Waals surface area (Å²) >= 11 is 3.64. The van der Waals surface area contributed by atoms with Gasteiger partial charge in [0.2, 0.25) is 0 Å². The van der Waals surface area contributed by atoms with E-state index >= 15 is 0 Å². The monoisotopic (exact) mass is 364 g/mol. The fourth-order valence-electron chi connectivity index (χ4n) is 3.96. The molecular formula is C16H14BrFN2O2. The zero-order chi connectivity index (χ0) is 15.5. The first-order valence-electron chi connectivity index (χ1n) is 7.27. The average molecular weight is 365 g/mol. The predicted octanol–water partition coefficient (Wildman–Crippen LogP) is 2.97. The first kappa shape index (κ1) is 13.9. The molecule has 3 amide bonds. The normalized spacial score (nSPS) is 32.9. The van der Waals surface area contributed by atoms with Crippen molar-refractivity contribution in [3.8, 4) is 0 Å². The maximum Gasteiger partial charge on any atom is 0.322 e. The number of fused-ring (bicyclic) bond motifs is 2. The van der Waals surface area contributed by atoms with Gasteiger partial charge in [-0.15, -0.1) is 0 Å². The van der Waals surface area contributed by atoms with Gasteiger partial charge in [0.15, 0.2) is 0 Å². The molecule has 2 spiro atoms. The first-order chi connectivity index (χ1) is 10.5. The lowest BCUT2D eigenvalue weighted by molar-refractivity contribution is -0.125. The Hall–Kier alpha value is -1.69. The van der Waals surface area contributed by atoms with Crippen LogP contribution in [-0.4, -0.2) is 17.5 Å². The van der Waals surface area contributed by atoms with Crippen LogP contribution in [0.1, 0.15) is 36.8 Å². The van der Waals surface area contributed by atoms with Crippen LogP contribution >= 0.6 is 15.9 Å². The fourth-order valence-corrected chi connectivity index (χ4v) is 4.82. The second kappa shape index (κ2) is 4.41. The molecule has 114 valence electrons. The molecule has 4 nitrogen and oxygen atoms in total. The molecule has 22 heavy (non-hydrogen) atoms.